The lowest BCUT2D eigenvalue weighted by Crippen LogP contribution is -2.21. The number of β-amino-alcohol motifs (C(OH)–C–C–N with tert-alkyl or cyclic N) is 1. The van der Waals surface area contributed by atoms with Crippen LogP contribution in [0.25, 0.3) is 11.3 Å². The molecule has 24 heavy (non-hydrogen) atoms. The number of rotatable bonds is 4. The maximum atomic E-state index is 12.0. The molecule has 3 N–H and O–H groups in total. The van der Waals surface area contributed by atoms with Crippen molar-refractivity contribution < 1.29 is 15.0 Å². The maximum Gasteiger partial charge on any atom is 0.341 e. The highest BCUT2D eigenvalue weighted by molar-refractivity contribution is 5.88. The molecule has 1 fully saturated rings. The largest absolute Gasteiger partial charge is 0.477 e. The summed E-state index contributed by atoms with van der Waals surface area (Å²) in [6.07, 6.45) is 1.11. The smallest absolute Gasteiger partial charge is 0.341 e. The lowest BCUT2D eigenvalue weighted by atomic mass is 10.0. The quantitative estimate of drug-likeness (QED) is 0.797. The number of anilines is 1. The van der Waals surface area contributed by atoms with Gasteiger partial charge < -0.3 is 20.1 Å². The Bertz CT molecular complexity index is 811. The highest BCUT2D eigenvalue weighted by Gasteiger charge is 2.20. The lowest BCUT2D eigenvalue weighted by Gasteiger charge is -2.18. The van der Waals surface area contributed by atoms with Crippen LogP contribution in [0.1, 0.15) is 29.3 Å². The van der Waals surface area contributed by atoms with Crippen molar-refractivity contribution in [3.05, 3.63) is 51.8 Å². The van der Waals surface area contributed by atoms with Gasteiger partial charge in [-0.25, -0.2) is 4.79 Å². The third-order valence-corrected chi connectivity index (χ3v) is 4.42. The minimum atomic E-state index is -1.22. The van der Waals surface area contributed by atoms with E-state index in [1.165, 1.54) is 6.07 Å². The van der Waals surface area contributed by atoms with E-state index in [2.05, 4.69) is 9.88 Å². The summed E-state index contributed by atoms with van der Waals surface area (Å²) in [5, 5.41) is 18.7. The molecule has 1 aromatic heterocycles. The maximum absolute atomic E-state index is 12.0. The van der Waals surface area contributed by atoms with Gasteiger partial charge in [-0.2, -0.15) is 0 Å². The second-order valence-corrected chi connectivity index (χ2v) is 6.01. The van der Waals surface area contributed by atoms with Crippen LogP contribution in [0.15, 0.2) is 35.1 Å². The number of carboxylic acids is 1. The van der Waals surface area contributed by atoms with E-state index in [0.29, 0.717) is 18.7 Å². The highest BCUT2D eigenvalue weighted by Crippen LogP contribution is 2.26. The zero-order chi connectivity index (χ0) is 17.3. The van der Waals surface area contributed by atoms with Crippen molar-refractivity contribution in [2.24, 2.45) is 0 Å². The topological polar surface area (TPSA) is 93.6 Å². The fourth-order valence-corrected chi connectivity index (χ4v) is 3.08. The minimum absolute atomic E-state index is 0.238. The molecule has 2 aromatic rings. The van der Waals surface area contributed by atoms with Crippen LogP contribution < -0.4 is 10.5 Å². The molecule has 0 amide bonds. The molecule has 6 nitrogen and oxygen atoms in total. The number of hydrogen-bond donors (Lipinski definition) is 3. The summed E-state index contributed by atoms with van der Waals surface area (Å²) >= 11 is 0. The van der Waals surface area contributed by atoms with Gasteiger partial charge in [0.25, 0.3) is 5.56 Å². The molecule has 0 aliphatic carbocycles. The standard InChI is InChI=1S/C18H20N2O4/c1-2-11-9-15(18(23)24)17(22)19-16(11)12-3-5-13(6-4-12)20-8-7-14(21)10-20/h3-6,9,14,21H,2,7-8,10H2,1H3,(H,19,22)(H,23,24)/t14-/m0/s1. The Kier molecular flexibility index (Phi) is 4.40. The van der Waals surface area contributed by atoms with Gasteiger partial charge in [0.15, 0.2) is 0 Å². The van der Waals surface area contributed by atoms with Crippen molar-refractivity contribution >= 4 is 11.7 Å². The molecular weight excluding hydrogens is 308 g/mol. The van der Waals surface area contributed by atoms with E-state index < -0.39 is 11.5 Å². The summed E-state index contributed by atoms with van der Waals surface area (Å²) in [5.41, 5.74) is 2.47. The van der Waals surface area contributed by atoms with E-state index in [1.807, 2.05) is 31.2 Å². The Morgan fingerprint density at radius 2 is 2.04 bits per heavy atom. The number of H-pyrrole nitrogens is 1. The predicted octanol–water partition coefficient (Wildman–Crippen LogP) is 1.87. The number of hydrogen-bond acceptors (Lipinski definition) is 4. The number of aromatic nitrogens is 1. The summed E-state index contributed by atoms with van der Waals surface area (Å²) < 4.78 is 0. The van der Waals surface area contributed by atoms with Gasteiger partial charge in [0.2, 0.25) is 0 Å². The third-order valence-electron chi connectivity index (χ3n) is 4.42. The van der Waals surface area contributed by atoms with Crippen molar-refractivity contribution in [1.82, 2.24) is 4.98 Å². The Morgan fingerprint density at radius 3 is 2.58 bits per heavy atom. The number of nitrogens with one attached hydrogen (secondary N) is 1. The fraction of sp³-hybridized carbons (Fsp3) is 0.333. The fourth-order valence-electron chi connectivity index (χ4n) is 3.08. The second-order valence-electron chi connectivity index (χ2n) is 6.01. The summed E-state index contributed by atoms with van der Waals surface area (Å²) in [5.74, 6) is -1.22. The first-order valence-corrected chi connectivity index (χ1v) is 8.02. The van der Waals surface area contributed by atoms with Crippen molar-refractivity contribution in [3.63, 3.8) is 0 Å². The van der Waals surface area contributed by atoms with E-state index in [9.17, 15) is 14.7 Å². The molecule has 1 aromatic carbocycles. The van der Waals surface area contributed by atoms with E-state index >= 15 is 0 Å². The zero-order valence-corrected chi connectivity index (χ0v) is 13.5. The Morgan fingerprint density at radius 1 is 1.33 bits per heavy atom. The molecular formula is C18H20N2O4. The Labute approximate surface area is 139 Å². The van der Waals surface area contributed by atoms with Crippen LogP contribution in [0.4, 0.5) is 5.69 Å². The first-order valence-electron chi connectivity index (χ1n) is 8.02. The van der Waals surface area contributed by atoms with Crippen LogP contribution in [0, 0.1) is 0 Å². The first kappa shape index (κ1) is 16.3. The van der Waals surface area contributed by atoms with Gasteiger partial charge in [-0.15, -0.1) is 0 Å². The molecule has 126 valence electrons. The summed E-state index contributed by atoms with van der Waals surface area (Å²) in [4.78, 5) is 27.9. The third kappa shape index (κ3) is 3.05. The SMILES string of the molecule is CCc1cc(C(=O)O)c(=O)[nH]c1-c1ccc(N2CC[C@H](O)C2)cc1. The van der Waals surface area contributed by atoms with Gasteiger partial charge in [0.05, 0.1) is 11.8 Å². The number of carboxylic acid groups (broad SMARTS) is 1. The van der Waals surface area contributed by atoms with Gasteiger partial charge in [-0.3, -0.25) is 4.79 Å². The number of benzene rings is 1. The van der Waals surface area contributed by atoms with Gasteiger partial charge >= 0.3 is 5.97 Å². The normalized spacial score (nSPS) is 17.2. The Balaban J connectivity index is 1.95. The molecule has 0 spiro atoms. The number of aliphatic hydroxyl groups is 1. The van der Waals surface area contributed by atoms with Gasteiger partial charge in [0, 0.05) is 18.8 Å². The van der Waals surface area contributed by atoms with Crippen LogP contribution >= 0.6 is 0 Å². The highest BCUT2D eigenvalue weighted by atomic mass is 16.4. The first-order chi connectivity index (χ1) is 11.5. The van der Waals surface area contributed by atoms with Gasteiger partial charge in [-0.05, 0) is 42.2 Å². The van der Waals surface area contributed by atoms with Crippen molar-refractivity contribution in [3.8, 4) is 11.3 Å². The van der Waals surface area contributed by atoms with Crippen molar-refractivity contribution in [1.29, 1.82) is 0 Å². The summed E-state index contributed by atoms with van der Waals surface area (Å²) in [6, 6.07) is 9.17. The number of aryl methyl sites for hydroxylation is 1. The van der Waals surface area contributed by atoms with Crippen LogP contribution in [-0.2, 0) is 6.42 Å². The van der Waals surface area contributed by atoms with E-state index in [0.717, 1.165) is 29.8 Å². The van der Waals surface area contributed by atoms with E-state index in [-0.39, 0.29) is 11.7 Å². The van der Waals surface area contributed by atoms with Gasteiger partial charge in [0.1, 0.15) is 5.56 Å². The lowest BCUT2D eigenvalue weighted by molar-refractivity contribution is 0.0695. The number of pyridine rings is 1. The molecule has 1 aliphatic heterocycles. The molecule has 1 aliphatic rings. The number of aromatic carboxylic acids is 1. The zero-order valence-electron chi connectivity index (χ0n) is 13.5. The van der Waals surface area contributed by atoms with Crippen LogP contribution in [0.2, 0.25) is 0 Å². The molecule has 0 bridgehead atoms. The molecule has 0 saturated carbocycles. The van der Waals surface area contributed by atoms with E-state index in [1.54, 1.807) is 0 Å². The average molecular weight is 328 g/mol. The monoisotopic (exact) mass is 328 g/mol. The predicted molar refractivity (Wildman–Crippen MR) is 91.7 cm³/mol. The van der Waals surface area contributed by atoms with Crippen LogP contribution in [0.3, 0.4) is 0 Å². The molecule has 0 radical (unpaired) electrons. The minimum Gasteiger partial charge on any atom is -0.477 e. The van der Waals surface area contributed by atoms with E-state index in [4.69, 9.17) is 5.11 Å². The molecule has 1 saturated heterocycles. The molecule has 1 atom stereocenters. The summed E-state index contributed by atoms with van der Waals surface area (Å²) in [7, 11) is 0. The van der Waals surface area contributed by atoms with Crippen LogP contribution in [0.5, 0.6) is 0 Å². The molecule has 0 unspecified atom stereocenters. The van der Waals surface area contributed by atoms with Gasteiger partial charge in [-0.1, -0.05) is 19.1 Å². The molecule has 2 heterocycles. The molecule has 3 rings (SSSR count). The molecule has 6 heteroatoms. The van der Waals surface area contributed by atoms with Crippen molar-refractivity contribution in [2.45, 2.75) is 25.9 Å². The Hall–Kier alpha value is -2.60. The second kappa shape index (κ2) is 6.49. The van der Waals surface area contributed by atoms with Crippen molar-refractivity contribution in [2.75, 3.05) is 18.0 Å². The number of aromatic amines is 1. The number of nitrogens with zero attached hydrogens (tertiary/aromatic N) is 1. The average Bonchev–Trinajstić information content (AvgIpc) is 3.01. The van der Waals surface area contributed by atoms with Crippen LogP contribution in [-0.4, -0.2) is 40.4 Å². The number of aliphatic hydroxyl groups excluding tert-OH is 1. The number of carbonyl (C=O) groups is 1. The summed E-state index contributed by atoms with van der Waals surface area (Å²) in [6.45, 7) is 3.37.